The van der Waals surface area contributed by atoms with Crippen molar-refractivity contribution in [3.63, 3.8) is 0 Å². The van der Waals surface area contributed by atoms with Gasteiger partial charge in [-0.25, -0.2) is 0 Å². The molecular weight excluding hydrogens is 150 g/mol. The molecule has 0 aromatic carbocycles. The van der Waals surface area contributed by atoms with E-state index in [2.05, 4.69) is 6.07 Å². The van der Waals surface area contributed by atoms with Gasteiger partial charge < -0.3 is 10.2 Å². The van der Waals surface area contributed by atoms with Crippen molar-refractivity contribution >= 4 is 0 Å². The van der Waals surface area contributed by atoms with Gasteiger partial charge in [0.1, 0.15) is 5.76 Å². The Labute approximate surface area is 71.7 Å². The summed E-state index contributed by atoms with van der Waals surface area (Å²) in [7, 11) is 0. The van der Waals surface area contributed by atoms with Gasteiger partial charge in [-0.05, 0) is 25.3 Å². The molecule has 2 N–H and O–H groups in total. The summed E-state index contributed by atoms with van der Waals surface area (Å²) in [6, 6.07) is 2.51. The minimum absolute atomic E-state index is 0.334. The lowest BCUT2D eigenvalue weighted by Gasteiger charge is -2.21. The standard InChI is InChI=1S/C10H13NO/c11-9-6-10(9)4-1-2-8-7(10)3-5-12-8/h3,5,9H,1-2,4,6,11H2. The van der Waals surface area contributed by atoms with Crippen molar-refractivity contribution in [2.45, 2.75) is 37.1 Å². The van der Waals surface area contributed by atoms with Crippen molar-refractivity contribution in [1.29, 1.82) is 0 Å². The highest BCUT2D eigenvalue weighted by molar-refractivity contribution is 5.39. The summed E-state index contributed by atoms with van der Waals surface area (Å²) < 4.78 is 5.42. The van der Waals surface area contributed by atoms with E-state index >= 15 is 0 Å². The van der Waals surface area contributed by atoms with Crippen LogP contribution in [0.25, 0.3) is 0 Å². The number of fused-ring (bicyclic) bond motifs is 2. The first-order chi connectivity index (χ1) is 5.83. The first-order valence-corrected chi connectivity index (χ1v) is 4.65. The van der Waals surface area contributed by atoms with Crippen LogP contribution in [0, 0.1) is 0 Å². The van der Waals surface area contributed by atoms with E-state index in [0.717, 1.165) is 6.42 Å². The Morgan fingerprint density at radius 2 is 2.42 bits per heavy atom. The molecule has 3 rings (SSSR count). The van der Waals surface area contributed by atoms with Gasteiger partial charge >= 0.3 is 0 Å². The van der Waals surface area contributed by atoms with E-state index < -0.39 is 0 Å². The van der Waals surface area contributed by atoms with Crippen LogP contribution in [0.1, 0.15) is 30.6 Å². The van der Waals surface area contributed by atoms with Gasteiger partial charge in [0.25, 0.3) is 0 Å². The van der Waals surface area contributed by atoms with Crippen LogP contribution >= 0.6 is 0 Å². The van der Waals surface area contributed by atoms with Gasteiger partial charge in [0.2, 0.25) is 0 Å². The average Bonchev–Trinajstić information content (AvgIpc) is 2.53. The fourth-order valence-electron chi connectivity index (χ4n) is 2.61. The predicted octanol–water partition coefficient (Wildman–Crippen LogP) is 1.58. The first-order valence-electron chi connectivity index (χ1n) is 4.65. The van der Waals surface area contributed by atoms with Crippen molar-refractivity contribution in [3.05, 3.63) is 23.7 Å². The van der Waals surface area contributed by atoms with Crippen LogP contribution in [0.2, 0.25) is 0 Å². The Kier molecular flexibility index (Phi) is 1.09. The van der Waals surface area contributed by atoms with Crippen LogP contribution in [-0.2, 0) is 11.8 Å². The SMILES string of the molecule is NC1CC12CCCc1occc12. The Bertz CT molecular complexity index is 317. The molecule has 0 saturated heterocycles. The van der Waals surface area contributed by atoms with Crippen molar-refractivity contribution < 1.29 is 4.42 Å². The number of nitrogens with two attached hydrogens (primary N) is 1. The Balaban J connectivity index is 2.11. The average molecular weight is 163 g/mol. The number of rotatable bonds is 0. The van der Waals surface area contributed by atoms with Crippen LogP contribution < -0.4 is 5.73 Å². The lowest BCUT2D eigenvalue weighted by Crippen LogP contribution is -2.22. The van der Waals surface area contributed by atoms with Crippen LogP contribution in [0.15, 0.2) is 16.7 Å². The van der Waals surface area contributed by atoms with E-state index in [1.807, 2.05) is 6.26 Å². The van der Waals surface area contributed by atoms with Gasteiger partial charge in [0.05, 0.1) is 6.26 Å². The zero-order valence-corrected chi connectivity index (χ0v) is 7.05. The largest absolute Gasteiger partial charge is 0.469 e. The third kappa shape index (κ3) is 0.643. The number of hydrogen-bond donors (Lipinski definition) is 1. The second kappa shape index (κ2) is 1.94. The zero-order valence-electron chi connectivity index (χ0n) is 7.05. The molecule has 2 aliphatic carbocycles. The van der Waals surface area contributed by atoms with Crippen molar-refractivity contribution in [2.75, 3.05) is 0 Å². The molecule has 1 spiro atoms. The smallest absolute Gasteiger partial charge is 0.107 e. The summed E-state index contributed by atoms with van der Waals surface area (Å²) in [5.74, 6) is 1.19. The van der Waals surface area contributed by atoms with E-state index in [0.29, 0.717) is 11.5 Å². The molecular formula is C10H13NO. The Hall–Kier alpha value is -0.760. The van der Waals surface area contributed by atoms with Gasteiger partial charge in [-0.15, -0.1) is 0 Å². The van der Waals surface area contributed by atoms with E-state index in [9.17, 15) is 0 Å². The van der Waals surface area contributed by atoms with Crippen LogP contribution in [0.3, 0.4) is 0 Å². The second-order valence-corrected chi connectivity index (χ2v) is 4.08. The summed E-state index contributed by atoms with van der Waals surface area (Å²) in [5.41, 5.74) is 7.70. The van der Waals surface area contributed by atoms with Crippen molar-refractivity contribution in [1.82, 2.24) is 0 Å². The van der Waals surface area contributed by atoms with Gasteiger partial charge in [0, 0.05) is 23.4 Å². The molecule has 1 heterocycles. The van der Waals surface area contributed by atoms with Gasteiger partial charge in [-0.2, -0.15) is 0 Å². The third-order valence-corrected chi connectivity index (χ3v) is 3.44. The summed E-state index contributed by atoms with van der Waals surface area (Å²) in [6.07, 6.45) is 6.59. The van der Waals surface area contributed by atoms with Crippen molar-refractivity contribution in [2.24, 2.45) is 5.73 Å². The maximum absolute atomic E-state index is 5.96. The molecule has 2 heteroatoms. The van der Waals surface area contributed by atoms with Crippen LogP contribution in [0.5, 0.6) is 0 Å². The first kappa shape index (κ1) is 6.72. The molecule has 1 aromatic rings. The fraction of sp³-hybridized carbons (Fsp3) is 0.600. The van der Waals surface area contributed by atoms with Gasteiger partial charge in [0.15, 0.2) is 0 Å². The van der Waals surface area contributed by atoms with E-state index in [1.165, 1.54) is 30.6 Å². The summed E-state index contributed by atoms with van der Waals surface area (Å²) in [4.78, 5) is 0. The Morgan fingerprint density at radius 3 is 3.17 bits per heavy atom. The molecule has 1 saturated carbocycles. The number of aryl methyl sites for hydroxylation is 1. The van der Waals surface area contributed by atoms with Crippen LogP contribution in [0.4, 0.5) is 0 Å². The topological polar surface area (TPSA) is 39.2 Å². The molecule has 2 aliphatic rings. The molecule has 0 aliphatic heterocycles. The molecule has 2 nitrogen and oxygen atoms in total. The van der Waals surface area contributed by atoms with E-state index in [-0.39, 0.29) is 0 Å². The highest BCUT2D eigenvalue weighted by Crippen LogP contribution is 2.54. The predicted molar refractivity (Wildman–Crippen MR) is 45.9 cm³/mol. The maximum Gasteiger partial charge on any atom is 0.107 e. The molecule has 2 atom stereocenters. The summed E-state index contributed by atoms with van der Waals surface area (Å²) in [6.45, 7) is 0. The van der Waals surface area contributed by atoms with Gasteiger partial charge in [-0.3, -0.25) is 0 Å². The zero-order chi connectivity index (χ0) is 8.18. The summed E-state index contributed by atoms with van der Waals surface area (Å²) in [5, 5.41) is 0. The summed E-state index contributed by atoms with van der Waals surface area (Å²) >= 11 is 0. The molecule has 0 bridgehead atoms. The second-order valence-electron chi connectivity index (χ2n) is 4.08. The molecule has 1 fully saturated rings. The highest BCUT2D eigenvalue weighted by atomic mass is 16.3. The minimum atomic E-state index is 0.334. The normalized spacial score (nSPS) is 38.2. The number of hydrogen-bond acceptors (Lipinski definition) is 2. The van der Waals surface area contributed by atoms with E-state index in [4.69, 9.17) is 10.2 Å². The lowest BCUT2D eigenvalue weighted by atomic mass is 9.84. The molecule has 0 amide bonds. The fourth-order valence-corrected chi connectivity index (χ4v) is 2.61. The molecule has 0 radical (unpaired) electrons. The third-order valence-electron chi connectivity index (χ3n) is 3.44. The molecule has 2 unspecified atom stereocenters. The molecule has 12 heavy (non-hydrogen) atoms. The van der Waals surface area contributed by atoms with E-state index in [1.54, 1.807) is 0 Å². The quantitative estimate of drug-likeness (QED) is 0.630. The minimum Gasteiger partial charge on any atom is -0.469 e. The highest BCUT2D eigenvalue weighted by Gasteiger charge is 2.55. The van der Waals surface area contributed by atoms with Crippen LogP contribution in [-0.4, -0.2) is 6.04 Å². The lowest BCUT2D eigenvalue weighted by molar-refractivity contribution is 0.437. The van der Waals surface area contributed by atoms with Crippen molar-refractivity contribution in [3.8, 4) is 0 Å². The Morgan fingerprint density at radius 1 is 1.58 bits per heavy atom. The molecule has 64 valence electrons. The maximum atomic E-state index is 5.96. The number of furan rings is 1. The van der Waals surface area contributed by atoms with Gasteiger partial charge in [-0.1, -0.05) is 0 Å². The monoisotopic (exact) mass is 163 g/mol. The molecule has 1 aromatic heterocycles.